The zero-order valence-electron chi connectivity index (χ0n) is 14.9. The van der Waals surface area contributed by atoms with Crippen LogP contribution in [0.4, 0.5) is 4.39 Å². The Kier molecular flexibility index (Phi) is 9.56. The number of nitrogens with two attached hydrogens (primary N) is 1. The average molecular weight is 404 g/mol. The third-order valence-electron chi connectivity index (χ3n) is 3.52. The van der Waals surface area contributed by atoms with Gasteiger partial charge in [0, 0.05) is 18.8 Å². The first-order valence-corrected chi connectivity index (χ1v) is 7.67. The Morgan fingerprint density at radius 2 is 1.81 bits per heavy atom. The summed E-state index contributed by atoms with van der Waals surface area (Å²) in [5, 5.41) is 2.79. The zero-order valence-corrected chi connectivity index (χ0v) is 16.5. The Morgan fingerprint density at radius 3 is 2.31 bits per heavy atom. The van der Waals surface area contributed by atoms with E-state index in [4.69, 9.17) is 10.5 Å². The summed E-state index contributed by atoms with van der Waals surface area (Å²) >= 11 is 0. The molecule has 0 aliphatic heterocycles. The van der Waals surface area contributed by atoms with Crippen molar-refractivity contribution in [3.63, 3.8) is 0 Å². The van der Waals surface area contributed by atoms with E-state index in [-0.39, 0.29) is 42.0 Å². The van der Waals surface area contributed by atoms with Crippen LogP contribution >= 0.6 is 24.8 Å². The molecular formula is C18H24Cl2FN3O2. The number of carbonyl (C=O) groups excluding carboxylic acids is 1. The van der Waals surface area contributed by atoms with Gasteiger partial charge >= 0.3 is 0 Å². The van der Waals surface area contributed by atoms with Crippen molar-refractivity contribution in [2.24, 2.45) is 11.1 Å². The molecular weight excluding hydrogens is 380 g/mol. The Hall–Kier alpha value is -1.89. The molecule has 144 valence electrons. The topological polar surface area (TPSA) is 77.2 Å². The molecule has 5 nitrogen and oxygen atoms in total. The fourth-order valence-corrected chi connectivity index (χ4v) is 1.89. The summed E-state index contributed by atoms with van der Waals surface area (Å²) in [6.07, 6.45) is 1.61. The first-order valence-electron chi connectivity index (χ1n) is 7.67. The van der Waals surface area contributed by atoms with Crippen molar-refractivity contribution in [3.05, 3.63) is 54.0 Å². The summed E-state index contributed by atoms with van der Waals surface area (Å²) in [5.41, 5.74) is 6.44. The molecule has 0 bridgehead atoms. The lowest BCUT2D eigenvalue weighted by atomic mass is 9.87. The Labute approximate surface area is 165 Å². The van der Waals surface area contributed by atoms with E-state index < -0.39 is 6.04 Å². The highest BCUT2D eigenvalue weighted by Gasteiger charge is 2.27. The minimum Gasteiger partial charge on any atom is -0.439 e. The smallest absolute Gasteiger partial charge is 0.237 e. The van der Waals surface area contributed by atoms with Crippen LogP contribution in [-0.2, 0) is 11.3 Å². The number of hydrogen-bond donors (Lipinski definition) is 2. The first kappa shape index (κ1) is 24.1. The molecule has 0 aliphatic carbocycles. The molecule has 1 aromatic carbocycles. The summed E-state index contributed by atoms with van der Waals surface area (Å²) in [5.74, 6) is 0.369. The summed E-state index contributed by atoms with van der Waals surface area (Å²) in [4.78, 5) is 16.2. The van der Waals surface area contributed by atoms with Crippen molar-refractivity contribution in [1.29, 1.82) is 0 Å². The summed E-state index contributed by atoms with van der Waals surface area (Å²) in [7, 11) is 0. The number of ether oxygens (including phenoxy) is 1. The van der Waals surface area contributed by atoms with Gasteiger partial charge < -0.3 is 15.8 Å². The van der Waals surface area contributed by atoms with Crippen molar-refractivity contribution in [1.82, 2.24) is 10.3 Å². The molecule has 3 N–H and O–H groups in total. The number of carbonyl (C=O) groups is 1. The van der Waals surface area contributed by atoms with E-state index in [1.54, 1.807) is 18.3 Å². The van der Waals surface area contributed by atoms with Crippen molar-refractivity contribution >= 4 is 30.7 Å². The maximum Gasteiger partial charge on any atom is 0.237 e. The van der Waals surface area contributed by atoms with E-state index in [0.717, 1.165) is 5.56 Å². The number of halogens is 3. The largest absolute Gasteiger partial charge is 0.439 e. The fourth-order valence-electron chi connectivity index (χ4n) is 1.89. The van der Waals surface area contributed by atoms with Gasteiger partial charge in [0.2, 0.25) is 11.8 Å². The number of nitrogens with zero attached hydrogens (tertiary/aromatic N) is 1. The van der Waals surface area contributed by atoms with Gasteiger partial charge in [-0.25, -0.2) is 9.37 Å². The van der Waals surface area contributed by atoms with Crippen LogP contribution in [0.3, 0.4) is 0 Å². The second-order valence-electron chi connectivity index (χ2n) is 6.62. The van der Waals surface area contributed by atoms with E-state index in [0.29, 0.717) is 18.2 Å². The van der Waals surface area contributed by atoms with Crippen molar-refractivity contribution in [2.45, 2.75) is 33.4 Å². The standard InChI is InChI=1S/C18H22FN3O2.2ClH/c1-18(2,3)16(20)17(23)22-11-12-4-9-15(21-10-12)24-14-7-5-13(19)6-8-14;;/h4-10,16H,11,20H2,1-3H3,(H,22,23);2*1H/t16-;;/m1../s1. The van der Waals surface area contributed by atoms with Crippen LogP contribution in [-0.4, -0.2) is 16.9 Å². The monoisotopic (exact) mass is 403 g/mol. The van der Waals surface area contributed by atoms with Gasteiger partial charge in [-0.2, -0.15) is 0 Å². The Balaban J connectivity index is 0.00000312. The number of hydrogen-bond acceptors (Lipinski definition) is 4. The molecule has 2 rings (SSSR count). The average Bonchev–Trinajstić information content (AvgIpc) is 2.54. The molecule has 0 radical (unpaired) electrons. The van der Waals surface area contributed by atoms with Gasteiger partial charge in [0.15, 0.2) is 0 Å². The molecule has 1 heterocycles. The molecule has 0 saturated heterocycles. The van der Waals surface area contributed by atoms with Crippen LogP contribution in [0.25, 0.3) is 0 Å². The predicted octanol–water partition coefficient (Wildman–Crippen LogP) is 3.85. The molecule has 1 aromatic heterocycles. The van der Waals surface area contributed by atoms with E-state index in [9.17, 15) is 9.18 Å². The number of pyridine rings is 1. The highest BCUT2D eigenvalue weighted by Crippen LogP contribution is 2.20. The second kappa shape index (κ2) is 10.3. The third-order valence-corrected chi connectivity index (χ3v) is 3.52. The molecule has 0 unspecified atom stereocenters. The third kappa shape index (κ3) is 7.15. The Bertz CT molecular complexity index is 689. The van der Waals surface area contributed by atoms with Gasteiger partial charge in [-0.15, -0.1) is 24.8 Å². The number of rotatable bonds is 5. The second-order valence-corrected chi connectivity index (χ2v) is 6.62. The van der Waals surface area contributed by atoms with Gasteiger partial charge in [0.05, 0.1) is 6.04 Å². The van der Waals surface area contributed by atoms with Crippen molar-refractivity contribution < 1.29 is 13.9 Å². The van der Waals surface area contributed by atoms with E-state index in [1.807, 2.05) is 20.8 Å². The molecule has 1 atom stereocenters. The SMILES string of the molecule is CC(C)(C)[C@H](N)C(=O)NCc1ccc(Oc2ccc(F)cc2)nc1.Cl.Cl. The minimum absolute atomic E-state index is 0. The van der Waals surface area contributed by atoms with Crippen LogP contribution < -0.4 is 15.8 Å². The predicted molar refractivity (Wildman–Crippen MR) is 104 cm³/mol. The minimum atomic E-state index is -0.577. The molecule has 0 aliphatic rings. The Morgan fingerprint density at radius 1 is 1.19 bits per heavy atom. The maximum atomic E-state index is 12.8. The highest BCUT2D eigenvalue weighted by atomic mass is 35.5. The lowest BCUT2D eigenvalue weighted by Crippen LogP contribution is -2.48. The van der Waals surface area contributed by atoms with E-state index in [1.165, 1.54) is 24.3 Å². The van der Waals surface area contributed by atoms with Gasteiger partial charge in [0.1, 0.15) is 11.6 Å². The number of amides is 1. The molecule has 0 saturated carbocycles. The van der Waals surface area contributed by atoms with Crippen LogP contribution in [0, 0.1) is 11.2 Å². The number of nitrogens with one attached hydrogen (secondary N) is 1. The molecule has 0 fully saturated rings. The first-order chi connectivity index (χ1) is 11.3. The lowest BCUT2D eigenvalue weighted by molar-refractivity contribution is -0.124. The summed E-state index contributed by atoms with van der Waals surface area (Å²) < 4.78 is 18.4. The molecule has 0 spiro atoms. The van der Waals surface area contributed by atoms with E-state index in [2.05, 4.69) is 10.3 Å². The van der Waals surface area contributed by atoms with Crippen molar-refractivity contribution in [3.8, 4) is 11.6 Å². The van der Waals surface area contributed by atoms with Crippen LogP contribution in [0.5, 0.6) is 11.6 Å². The summed E-state index contributed by atoms with van der Waals surface area (Å²) in [6, 6.07) is 8.60. The van der Waals surface area contributed by atoms with Gasteiger partial charge in [-0.05, 0) is 35.2 Å². The fraction of sp³-hybridized carbons (Fsp3) is 0.333. The van der Waals surface area contributed by atoms with Crippen LogP contribution in [0.1, 0.15) is 26.3 Å². The van der Waals surface area contributed by atoms with Gasteiger partial charge in [-0.1, -0.05) is 26.8 Å². The van der Waals surface area contributed by atoms with E-state index >= 15 is 0 Å². The maximum absolute atomic E-state index is 12.8. The molecule has 2 aromatic rings. The lowest BCUT2D eigenvalue weighted by Gasteiger charge is -2.25. The van der Waals surface area contributed by atoms with Crippen LogP contribution in [0.2, 0.25) is 0 Å². The molecule has 8 heteroatoms. The highest BCUT2D eigenvalue weighted by molar-refractivity contribution is 5.85. The van der Waals surface area contributed by atoms with Gasteiger partial charge in [0.25, 0.3) is 0 Å². The molecule has 26 heavy (non-hydrogen) atoms. The van der Waals surface area contributed by atoms with Gasteiger partial charge in [-0.3, -0.25) is 4.79 Å². The number of aromatic nitrogens is 1. The normalized spacial score (nSPS) is 11.6. The van der Waals surface area contributed by atoms with Crippen molar-refractivity contribution in [2.75, 3.05) is 0 Å². The molecule has 1 amide bonds. The van der Waals surface area contributed by atoms with Crippen LogP contribution in [0.15, 0.2) is 42.6 Å². The summed E-state index contributed by atoms with van der Waals surface area (Å²) in [6.45, 7) is 6.09. The number of benzene rings is 1. The zero-order chi connectivity index (χ0) is 17.7. The quantitative estimate of drug-likeness (QED) is 0.794.